The quantitative estimate of drug-likeness (QED) is 0.619. The molecule has 0 spiro atoms. The van der Waals surface area contributed by atoms with Crippen LogP contribution in [0.5, 0.6) is 0 Å². The summed E-state index contributed by atoms with van der Waals surface area (Å²) < 4.78 is 6.13. The molecule has 4 heteroatoms. The SMILES string of the molecule is O=c1occn1-c1nccc2ccccc12. The number of oxazole rings is 1. The van der Waals surface area contributed by atoms with Crippen LogP contribution in [-0.2, 0) is 0 Å². The number of pyridine rings is 1. The van der Waals surface area contributed by atoms with Gasteiger partial charge in [-0.15, -0.1) is 0 Å². The number of hydrogen-bond donors (Lipinski definition) is 0. The highest BCUT2D eigenvalue weighted by Gasteiger charge is 2.06. The van der Waals surface area contributed by atoms with Crippen molar-refractivity contribution in [3.05, 3.63) is 59.5 Å². The summed E-state index contributed by atoms with van der Waals surface area (Å²) in [6.07, 6.45) is 4.60. The minimum absolute atomic E-state index is 0.427. The van der Waals surface area contributed by atoms with Crippen molar-refractivity contribution in [3.63, 3.8) is 0 Å². The molecule has 0 aliphatic heterocycles. The normalized spacial score (nSPS) is 10.8. The third kappa shape index (κ3) is 1.24. The minimum atomic E-state index is -0.427. The van der Waals surface area contributed by atoms with Gasteiger partial charge in [-0.1, -0.05) is 24.3 Å². The van der Waals surface area contributed by atoms with E-state index >= 15 is 0 Å². The fourth-order valence-electron chi connectivity index (χ4n) is 1.72. The second-order valence-electron chi connectivity index (χ2n) is 3.39. The Hall–Kier alpha value is -2.36. The molecule has 0 atom stereocenters. The van der Waals surface area contributed by atoms with Crippen LogP contribution in [0.1, 0.15) is 0 Å². The van der Waals surface area contributed by atoms with Gasteiger partial charge in [0, 0.05) is 11.6 Å². The summed E-state index contributed by atoms with van der Waals surface area (Å²) in [7, 11) is 0. The average Bonchev–Trinajstić information content (AvgIpc) is 2.75. The molecule has 0 saturated carbocycles. The van der Waals surface area contributed by atoms with E-state index in [1.54, 1.807) is 12.4 Å². The molecule has 4 nitrogen and oxygen atoms in total. The van der Waals surface area contributed by atoms with Gasteiger partial charge in [0.2, 0.25) is 0 Å². The van der Waals surface area contributed by atoms with Gasteiger partial charge in [0.05, 0.1) is 6.20 Å². The lowest BCUT2D eigenvalue weighted by atomic mass is 10.1. The van der Waals surface area contributed by atoms with Crippen LogP contribution < -0.4 is 5.76 Å². The van der Waals surface area contributed by atoms with E-state index in [2.05, 4.69) is 4.98 Å². The van der Waals surface area contributed by atoms with E-state index in [0.717, 1.165) is 10.8 Å². The lowest BCUT2D eigenvalue weighted by Gasteiger charge is -2.03. The molecule has 3 rings (SSSR count). The maximum Gasteiger partial charge on any atom is 0.424 e. The van der Waals surface area contributed by atoms with Crippen LogP contribution in [0.4, 0.5) is 0 Å². The van der Waals surface area contributed by atoms with Crippen LogP contribution >= 0.6 is 0 Å². The van der Waals surface area contributed by atoms with Gasteiger partial charge < -0.3 is 4.42 Å². The van der Waals surface area contributed by atoms with Crippen molar-refractivity contribution < 1.29 is 4.42 Å². The molecule has 0 aliphatic rings. The molecule has 0 N–H and O–H groups in total. The van der Waals surface area contributed by atoms with E-state index < -0.39 is 5.76 Å². The van der Waals surface area contributed by atoms with Gasteiger partial charge >= 0.3 is 5.76 Å². The molecule has 0 bridgehead atoms. The van der Waals surface area contributed by atoms with Crippen molar-refractivity contribution in [1.29, 1.82) is 0 Å². The molecule has 1 aromatic carbocycles. The van der Waals surface area contributed by atoms with Crippen LogP contribution in [0.3, 0.4) is 0 Å². The second kappa shape index (κ2) is 3.34. The topological polar surface area (TPSA) is 48.0 Å². The number of aromatic nitrogens is 2. The predicted molar refractivity (Wildman–Crippen MR) is 59.6 cm³/mol. The van der Waals surface area contributed by atoms with Crippen molar-refractivity contribution in [2.45, 2.75) is 0 Å². The molecule has 3 aromatic rings. The predicted octanol–water partition coefficient (Wildman–Crippen LogP) is 1.98. The van der Waals surface area contributed by atoms with Crippen LogP contribution in [0.2, 0.25) is 0 Å². The van der Waals surface area contributed by atoms with E-state index in [4.69, 9.17) is 4.42 Å². The number of rotatable bonds is 1. The van der Waals surface area contributed by atoms with Gasteiger partial charge in [-0.25, -0.2) is 14.3 Å². The molecule has 0 radical (unpaired) electrons. The molecule has 78 valence electrons. The second-order valence-corrected chi connectivity index (χ2v) is 3.39. The van der Waals surface area contributed by atoms with Gasteiger partial charge in [-0.3, -0.25) is 0 Å². The first-order chi connectivity index (χ1) is 7.86. The van der Waals surface area contributed by atoms with Gasteiger partial charge in [-0.2, -0.15) is 0 Å². The maximum absolute atomic E-state index is 11.4. The van der Waals surface area contributed by atoms with Crippen LogP contribution in [0.25, 0.3) is 16.6 Å². The first-order valence-corrected chi connectivity index (χ1v) is 4.86. The van der Waals surface area contributed by atoms with E-state index in [9.17, 15) is 4.79 Å². The Kier molecular flexibility index (Phi) is 1.86. The first-order valence-electron chi connectivity index (χ1n) is 4.86. The highest BCUT2D eigenvalue weighted by Crippen LogP contribution is 2.18. The molecule has 2 aromatic heterocycles. The smallest absolute Gasteiger partial charge is 0.416 e. The molecular formula is C12H8N2O2. The van der Waals surface area contributed by atoms with Gasteiger partial charge in [0.1, 0.15) is 12.1 Å². The molecule has 0 saturated heterocycles. The molecule has 0 aliphatic carbocycles. The lowest BCUT2D eigenvalue weighted by Crippen LogP contribution is -2.12. The van der Waals surface area contributed by atoms with E-state index in [-0.39, 0.29) is 0 Å². The highest BCUT2D eigenvalue weighted by molar-refractivity contribution is 5.88. The van der Waals surface area contributed by atoms with Crippen LogP contribution in [-0.4, -0.2) is 9.55 Å². The Balaban J connectivity index is 2.41. The van der Waals surface area contributed by atoms with E-state index in [1.165, 1.54) is 10.8 Å². The Bertz CT molecular complexity index is 692. The third-order valence-electron chi connectivity index (χ3n) is 2.46. The molecule has 2 heterocycles. The Labute approximate surface area is 90.8 Å². The Morgan fingerprint density at radius 3 is 2.88 bits per heavy atom. The van der Waals surface area contributed by atoms with Gasteiger partial charge in [-0.05, 0) is 11.5 Å². The molecule has 0 fully saturated rings. The van der Waals surface area contributed by atoms with Crippen molar-refractivity contribution >= 4 is 10.8 Å². The molecule has 0 amide bonds. The maximum atomic E-state index is 11.4. The van der Waals surface area contributed by atoms with Gasteiger partial charge in [0.25, 0.3) is 0 Å². The van der Waals surface area contributed by atoms with Crippen LogP contribution in [0, 0.1) is 0 Å². The van der Waals surface area contributed by atoms with Crippen molar-refractivity contribution in [2.24, 2.45) is 0 Å². The van der Waals surface area contributed by atoms with Crippen molar-refractivity contribution in [1.82, 2.24) is 9.55 Å². The fraction of sp³-hybridized carbons (Fsp3) is 0. The highest BCUT2D eigenvalue weighted by atomic mass is 16.4. The largest absolute Gasteiger partial charge is 0.424 e. The zero-order valence-electron chi connectivity index (χ0n) is 8.33. The average molecular weight is 212 g/mol. The lowest BCUT2D eigenvalue weighted by molar-refractivity contribution is 0.503. The first kappa shape index (κ1) is 8.91. The minimum Gasteiger partial charge on any atom is -0.416 e. The summed E-state index contributed by atoms with van der Waals surface area (Å²) in [6, 6.07) is 9.68. The van der Waals surface area contributed by atoms with Crippen molar-refractivity contribution in [2.75, 3.05) is 0 Å². The van der Waals surface area contributed by atoms with Crippen LogP contribution in [0.15, 0.2) is 58.2 Å². The summed E-state index contributed by atoms with van der Waals surface area (Å²) in [5.41, 5.74) is 0. The number of benzene rings is 1. The fourth-order valence-corrected chi connectivity index (χ4v) is 1.72. The van der Waals surface area contributed by atoms with Gasteiger partial charge in [0.15, 0.2) is 0 Å². The number of nitrogens with zero attached hydrogens (tertiary/aromatic N) is 2. The van der Waals surface area contributed by atoms with E-state index in [1.807, 2.05) is 30.3 Å². The van der Waals surface area contributed by atoms with Crippen molar-refractivity contribution in [3.8, 4) is 5.82 Å². The zero-order chi connectivity index (χ0) is 11.0. The molecular weight excluding hydrogens is 204 g/mol. The Morgan fingerprint density at radius 1 is 1.19 bits per heavy atom. The number of hydrogen-bond acceptors (Lipinski definition) is 3. The Morgan fingerprint density at radius 2 is 2.06 bits per heavy atom. The summed E-state index contributed by atoms with van der Waals surface area (Å²) in [6.45, 7) is 0. The monoisotopic (exact) mass is 212 g/mol. The summed E-state index contributed by atoms with van der Waals surface area (Å²) in [5.74, 6) is 0.167. The standard InChI is InChI=1S/C12H8N2O2/c15-12-14(7-8-16-12)11-10-4-2-1-3-9(10)5-6-13-11/h1-8H. The zero-order valence-corrected chi connectivity index (χ0v) is 8.33. The van der Waals surface area contributed by atoms with E-state index in [0.29, 0.717) is 5.82 Å². The molecule has 16 heavy (non-hydrogen) atoms. The summed E-state index contributed by atoms with van der Waals surface area (Å²) in [5, 5.41) is 1.97. The third-order valence-corrected chi connectivity index (χ3v) is 2.46. The summed E-state index contributed by atoms with van der Waals surface area (Å²) >= 11 is 0. The number of fused-ring (bicyclic) bond motifs is 1. The summed E-state index contributed by atoms with van der Waals surface area (Å²) in [4.78, 5) is 15.6. The molecule has 0 unspecified atom stereocenters.